The van der Waals surface area contributed by atoms with Crippen LogP contribution < -0.4 is 0 Å². The highest BCUT2D eigenvalue weighted by molar-refractivity contribution is 9.09. The van der Waals surface area contributed by atoms with E-state index in [-0.39, 0.29) is 46.4 Å². The van der Waals surface area contributed by atoms with Crippen LogP contribution in [0.15, 0.2) is 25.3 Å². The van der Waals surface area contributed by atoms with Gasteiger partial charge in [-0.2, -0.15) is 0 Å². The van der Waals surface area contributed by atoms with Crippen molar-refractivity contribution in [3.8, 4) is 0 Å². The highest BCUT2D eigenvalue weighted by Crippen LogP contribution is 2.68. The van der Waals surface area contributed by atoms with Gasteiger partial charge in [-0.05, 0) is 25.2 Å². The second-order valence-corrected chi connectivity index (χ2v) is 14.2. The molecule has 4 aliphatic rings. The summed E-state index contributed by atoms with van der Waals surface area (Å²) in [6, 6.07) is -1.09. The van der Waals surface area contributed by atoms with Crippen molar-refractivity contribution in [2.75, 3.05) is 26.7 Å². The molecule has 0 aromatic rings. The molecule has 0 radical (unpaired) electrons. The van der Waals surface area contributed by atoms with Crippen molar-refractivity contribution in [2.24, 2.45) is 17.8 Å². The van der Waals surface area contributed by atoms with Crippen LogP contribution in [0, 0.1) is 17.8 Å². The molecule has 1 N–H and O–H groups in total. The molecule has 37 heavy (non-hydrogen) atoms. The van der Waals surface area contributed by atoms with E-state index >= 15 is 0 Å². The number of likely N-dealkylation sites (N-methyl/N-ethyl adjacent to an activating group) is 1. The minimum absolute atomic E-state index is 0.0250. The van der Waals surface area contributed by atoms with Crippen molar-refractivity contribution < 1.29 is 19.5 Å². The molecule has 2 bridgehead atoms. The first-order valence-corrected chi connectivity index (χ1v) is 15.5. The summed E-state index contributed by atoms with van der Waals surface area (Å²) < 4.78 is -0.710. The smallest absolute Gasteiger partial charge is 0.247 e. The molecule has 206 valence electrons. The molecular weight excluding hydrogens is 554 g/mol. The third-order valence-electron chi connectivity index (χ3n) is 8.96. The van der Waals surface area contributed by atoms with Crippen molar-refractivity contribution in [3.63, 3.8) is 0 Å². The molecule has 4 fully saturated rings. The Morgan fingerprint density at radius 3 is 2.41 bits per heavy atom. The molecule has 1 spiro atoms. The van der Waals surface area contributed by atoms with E-state index < -0.39 is 28.7 Å². The van der Waals surface area contributed by atoms with E-state index in [4.69, 9.17) is 0 Å². The number of nitrogens with zero attached hydrogens (tertiary/aromatic N) is 3. The molecule has 7 nitrogen and oxygen atoms in total. The van der Waals surface area contributed by atoms with Gasteiger partial charge in [0.25, 0.3) is 0 Å². The van der Waals surface area contributed by atoms with Gasteiger partial charge >= 0.3 is 0 Å². The molecular formula is C28H42BrN3O4S. The number of hydrogen-bond donors (Lipinski definition) is 1. The Morgan fingerprint density at radius 1 is 1.19 bits per heavy atom. The first-order chi connectivity index (χ1) is 17.6. The summed E-state index contributed by atoms with van der Waals surface area (Å²) in [4.78, 5) is 48.0. The van der Waals surface area contributed by atoms with Crippen LogP contribution >= 0.6 is 27.7 Å². The van der Waals surface area contributed by atoms with E-state index in [0.29, 0.717) is 19.5 Å². The van der Waals surface area contributed by atoms with Gasteiger partial charge < -0.3 is 19.8 Å². The Kier molecular flexibility index (Phi) is 8.86. The molecule has 3 unspecified atom stereocenters. The average molecular weight is 597 g/mol. The van der Waals surface area contributed by atoms with E-state index in [1.165, 1.54) is 6.42 Å². The molecule has 0 aromatic carbocycles. The Bertz CT molecular complexity index is 925. The van der Waals surface area contributed by atoms with E-state index in [1.54, 1.807) is 40.8 Å². The molecule has 1 saturated carbocycles. The van der Waals surface area contributed by atoms with Crippen LogP contribution in [0.1, 0.15) is 52.4 Å². The number of thioether (sulfide) groups is 1. The average Bonchev–Trinajstić information content (AvgIpc) is 3.46. The predicted molar refractivity (Wildman–Crippen MR) is 151 cm³/mol. The number of carbonyl (C=O) groups is 3. The molecule has 0 aromatic heterocycles. The summed E-state index contributed by atoms with van der Waals surface area (Å²) >= 11 is 5.49. The molecule has 3 heterocycles. The Balaban J connectivity index is 1.81. The standard InChI is InChI=1S/C28H42BrN3O4S/c1-6-13-30(5)25(34)21-22-26(35)32(20(16-33)17(3)4)24(28(22)15-19(29)23(21)37-28)27(36)31(14-7-2)18-11-9-8-10-12-18/h6-7,17-24,33H,1-2,8-16H2,3-5H3/t19?,20-,21-,22-,23-,24?,28?/m0/s1. The Labute approximate surface area is 234 Å². The number of hydrogen-bond acceptors (Lipinski definition) is 5. The first kappa shape index (κ1) is 28.7. The summed E-state index contributed by atoms with van der Waals surface area (Å²) in [5.41, 5.74) is 0. The van der Waals surface area contributed by atoms with Crippen LogP contribution in [-0.2, 0) is 14.4 Å². The normalized spacial score (nSPS) is 33.9. The molecule has 3 saturated heterocycles. The monoisotopic (exact) mass is 595 g/mol. The Hall–Kier alpha value is -1.32. The van der Waals surface area contributed by atoms with Gasteiger partial charge in [0.05, 0.1) is 29.2 Å². The number of alkyl halides is 1. The first-order valence-electron chi connectivity index (χ1n) is 13.7. The number of rotatable bonds is 10. The summed E-state index contributed by atoms with van der Waals surface area (Å²) in [5.74, 6) is -1.43. The lowest BCUT2D eigenvalue weighted by atomic mass is 9.70. The number of amides is 3. The van der Waals surface area contributed by atoms with Crippen LogP contribution in [0.3, 0.4) is 0 Å². The van der Waals surface area contributed by atoms with Gasteiger partial charge in [0.2, 0.25) is 17.7 Å². The van der Waals surface area contributed by atoms with Crippen LogP contribution in [-0.4, -0.2) is 97.2 Å². The number of halogens is 1. The van der Waals surface area contributed by atoms with Gasteiger partial charge in [0, 0.05) is 36.3 Å². The van der Waals surface area contributed by atoms with Crippen LogP contribution in [0.4, 0.5) is 0 Å². The lowest BCUT2D eigenvalue weighted by molar-refractivity contribution is -0.148. The van der Waals surface area contributed by atoms with Gasteiger partial charge in [0.1, 0.15) is 6.04 Å². The second-order valence-electron chi connectivity index (χ2n) is 11.5. The maximum atomic E-state index is 14.6. The van der Waals surface area contributed by atoms with Gasteiger partial charge in [-0.1, -0.05) is 61.2 Å². The van der Waals surface area contributed by atoms with E-state index in [2.05, 4.69) is 29.1 Å². The topological polar surface area (TPSA) is 81.2 Å². The fourth-order valence-electron chi connectivity index (χ4n) is 7.25. The Morgan fingerprint density at radius 2 is 1.84 bits per heavy atom. The maximum absolute atomic E-state index is 14.6. The zero-order valence-corrected chi connectivity index (χ0v) is 24.8. The third-order valence-corrected chi connectivity index (χ3v) is 12.2. The number of fused-ring (bicyclic) bond motifs is 1. The highest BCUT2D eigenvalue weighted by atomic mass is 79.9. The fraction of sp³-hybridized carbons (Fsp3) is 0.750. The van der Waals surface area contributed by atoms with Crippen LogP contribution in [0.25, 0.3) is 0 Å². The van der Waals surface area contributed by atoms with E-state index in [9.17, 15) is 19.5 Å². The molecule has 3 amide bonds. The second kappa shape index (κ2) is 11.4. The van der Waals surface area contributed by atoms with Crippen molar-refractivity contribution in [1.82, 2.24) is 14.7 Å². The summed E-state index contributed by atoms with van der Waals surface area (Å²) in [6.07, 6.45) is 9.36. The zero-order valence-electron chi connectivity index (χ0n) is 22.4. The number of carbonyl (C=O) groups excluding carboxylic acids is 3. The highest BCUT2D eigenvalue weighted by Gasteiger charge is 2.76. The van der Waals surface area contributed by atoms with Crippen LogP contribution in [0.5, 0.6) is 0 Å². The van der Waals surface area contributed by atoms with Crippen molar-refractivity contribution in [3.05, 3.63) is 25.3 Å². The minimum Gasteiger partial charge on any atom is -0.394 e. The van der Waals surface area contributed by atoms with Gasteiger partial charge in [0.15, 0.2) is 0 Å². The van der Waals surface area contributed by atoms with Gasteiger partial charge in [-0.3, -0.25) is 14.4 Å². The lowest BCUT2D eigenvalue weighted by Gasteiger charge is -2.43. The predicted octanol–water partition coefficient (Wildman–Crippen LogP) is 3.46. The molecule has 7 atom stereocenters. The minimum atomic E-state index is -0.719. The summed E-state index contributed by atoms with van der Waals surface area (Å²) in [5, 5.41) is 10.4. The lowest BCUT2D eigenvalue weighted by Crippen LogP contribution is -2.60. The van der Waals surface area contributed by atoms with Gasteiger partial charge in [-0.25, -0.2) is 0 Å². The molecule has 4 rings (SSSR count). The third kappa shape index (κ3) is 4.71. The van der Waals surface area contributed by atoms with Crippen molar-refractivity contribution >= 4 is 45.4 Å². The van der Waals surface area contributed by atoms with E-state index in [0.717, 1.165) is 25.7 Å². The SMILES string of the molecule is C=CCN(C)C(=O)[C@H]1[C@H]2C(=O)N([C@@H](CO)C(C)C)C(C(=O)N(CC=C)C3CCCCC3)C23CC(Br)[C@@H]1S3. The summed E-state index contributed by atoms with van der Waals surface area (Å²) in [6.45, 7) is 12.3. The van der Waals surface area contributed by atoms with Crippen LogP contribution in [0.2, 0.25) is 0 Å². The van der Waals surface area contributed by atoms with Gasteiger partial charge in [-0.15, -0.1) is 24.9 Å². The number of aliphatic hydroxyl groups is 1. The maximum Gasteiger partial charge on any atom is 0.247 e. The van der Waals surface area contributed by atoms with Crippen molar-refractivity contribution in [2.45, 2.75) is 85.3 Å². The molecule has 3 aliphatic heterocycles. The van der Waals surface area contributed by atoms with Crippen molar-refractivity contribution in [1.29, 1.82) is 0 Å². The largest absolute Gasteiger partial charge is 0.394 e. The van der Waals surface area contributed by atoms with E-state index in [1.807, 2.05) is 18.7 Å². The quantitative estimate of drug-likeness (QED) is 0.309. The number of likely N-dealkylation sites (tertiary alicyclic amines) is 1. The molecule has 9 heteroatoms. The number of aliphatic hydroxyl groups excluding tert-OH is 1. The fourth-order valence-corrected chi connectivity index (χ4v) is 10.8. The molecule has 1 aliphatic carbocycles. The summed E-state index contributed by atoms with van der Waals surface area (Å²) in [7, 11) is 1.75. The zero-order chi connectivity index (χ0) is 27.1.